The van der Waals surface area contributed by atoms with Gasteiger partial charge in [-0.25, -0.2) is 0 Å². The Hall–Kier alpha value is -2.11. The van der Waals surface area contributed by atoms with Crippen LogP contribution >= 0.6 is 0 Å². The first-order valence-corrected chi connectivity index (χ1v) is 7.54. The van der Waals surface area contributed by atoms with Crippen LogP contribution in [0.15, 0.2) is 18.3 Å². The van der Waals surface area contributed by atoms with E-state index in [1.807, 2.05) is 10.7 Å². The molecular formula is C15H18N4O2. The molecule has 21 heavy (non-hydrogen) atoms. The number of hydrogen-bond donors (Lipinski definition) is 0. The van der Waals surface area contributed by atoms with Gasteiger partial charge in [-0.15, -0.1) is 0 Å². The van der Waals surface area contributed by atoms with Gasteiger partial charge in [0.05, 0.1) is 28.1 Å². The Morgan fingerprint density at radius 2 is 2.14 bits per heavy atom. The van der Waals surface area contributed by atoms with E-state index in [9.17, 15) is 10.1 Å². The molecule has 1 saturated carbocycles. The molecule has 2 heterocycles. The SMILES string of the molecule is C[C@H]1CCN(c2c([N+](=O)[O-])ccc3c2cnn3C2CC2)C1. The summed E-state index contributed by atoms with van der Waals surface area (Å²) < 4.78 is 2.03. The molecule has 6 nitrogen and oxygen atoms in total. The van der Waals surface area contributed by atoms with Crippen LogP contribution in [0.25, 0.3) is 10.9 Å². The van der Waals surface area contributed by atoms with Gasteiger partial charge in [-0.1, -0.05) is 6.92 Å². The lowest BCUT2D eigenvalue weighted by Gasteiger charge is -2.19. The molecule has 6 heteroatoms. The van der Waals surface area contributed by atoms with Gasteiger partial charge in [0, 0.05) is 19.2 Å². The van der Waals surface area contributed by atoms with Gasteiger partial charge in [0.2, 0.25) is 0 Å². The highest BCUT2D eigenvalue weighted by molar-refractivity contribution is 5.97. The number of nitro groups is 1. The minimum atomic E-state index is -0.272. The molecular weight excluding hydrogens is 268 g/mol. The van der Waals surface area contributed by atoms with E-state index in [0.717, 1.165) is 48.9 Å². The van der Waals surface area contributed by atoms with Crippen molar-refractivity contribution in [2.75, 3.05) is 18.0 Å². The van der Waals surface area contributed by atoms with Gasteiger partial charge < -0.3 is 4.90 Å². The van der Waals surface area contributed by atoms with E-state index in [1.54, 1.807) is 12.3 Å². The van der Waals surface area contributed by atoms with Crippen molar-refractivity contribution in [2.45, 2.75) is 32.2 Å². The van der Waals surface area contributed by atoms with Crippen molar-refractivity contribution < 1.29 is 4.92 Å². The normalized spacial score (nSPS) is 22.1. The molecule has 2 fully saturated rings. The van der Waals surface area contributed by atoms with Gasteiger partial charge in [-0.3, -0.25) is 14.8 Å². The standard InChI is InChI=1S/C15H18N4O2/c1-10-6-7-17(9-10)15-12-8-16-18(11-2-3-11)13(12)4-5-14(15)19(20)21/h4-5,8,10-11H,2-3,6-7,9H2,1H3/t10-/m0/s1. The van der Waals surface area contributed by atoms with Crippen molar-refractivity contribution in [1.29, 1.82) is 0 Å². The highest BCUT2D eigenvalue weighted by Gasteiger charge is 2.31. The Balaban J connectivity index is 1.91. The number of anilines is 1. The Morgan fingerprint density at radius 3 is 2.76 bits per heavy atom. The van der Waals surface area contributed by atoms with Crippen molar-refractivity contribution in [3.8, 4) is 0 Å². The van der Waals surface area contributed by atoms with Crippen LogP contribution in [0.2, 0.25) is 0 Å². The molecule has 110 valence electrons. The van der Waals surface area contributed by atoms with Crippen molar-refractivity contribution >= 4 is 22.3 Å². The van der Waals surface area contributed by atoms with E-state index in [-0.39, 0.29) is 10.6 Å². The maximum atomic E-state index is 11.4. The molecule has 1 aromatic carbocycles. The predicted octanol–water partition coefficient (Wildman–Crippen LogP) is 3.13. The van der Waals surface area contributed by atoms with E-state index >= 15 is 0 Å². The van der Waals surface area contributed by atoms with E-state index in [2.05, 4.69) is 16.9 Å². The average molecular weight is 286 g/mol. The van der Waals surface area contributed by atoms with Gasteiger partial charge in [-0.05, 0) is 31.2 Å². The maximum absolute atomic E-state index is 11.4. The first-order valence-electron chi connectivity index (χ1n) is 7.54. The molecule has 4 rings (SSSR count). The summed E-state index contributed by atoms with van der Waals surface area (Å²) >= 11 is 0. The molecule has 1 atom stereocenters. The Morgan fingerprint density at radius 1 is 1.33 bits per heavy atom. The van der Waals surface area contributed by atoms with Gasteiger partial charge in [0.1, 0.15) is 5.69 Å². The Bertz CT molecular complexity index is 720. The van der Waals surface area contributed by atoms with E-state index in [1.165, 1.54) is 0 Å². The zero-order valence-corrected chi connectivity index (χ0v) is 12.0. The lowest BCUT2D eigenvalue weighted by molar-refractivity contribution is -0.384. The zero-order chi connectivity index (χ0) is 14.6. The van der Waals surface area contributed by atoms with Crippen LogP contribution in [0.1, 0.15) is 32.2 Å². The highest BCUT2D eigenvalue weighted by atomic mass is 16.6. The quantitative estimate of drug-likeness (QED) is 0.642. The molecule has 0 spiro atoms. The largest absolute Gasteiger partial charge is 0.365 e. The fraction of sp³-hybridized carbons (Fsp3) is 0.533. The first-order chi connectivity index (χ1) is 10.1. The summed E-state index contributed by atoms with van der Waals surface area (Å²) in [4.78, 5) is 13.3. The summed E-state index contributed by atoms with van der Waals surface area (Å²) in [6.45, 7) is 3.96. The van der Waals surface area contributed by atoms with Crippen LogP contribution in [0.4, 0.5) is 11.4 Å². The summed E-state index contributed by atoms with van der Waals surface area (Å²) in [6, 6.07) is 3.97. The number of nitro benzene ring substituents is 1. The minimum Gasteiger partial charge on any atom is -0.365 e. The lowest BCUT2D eigenvalue weighted by atomic mass is 10.1. The third-order valence-electron chi connectivity index (χ3n) is 4.56. The second kappa shape index (κ2) is 4.44. The number of aromatic nitrogens is 2. The molecule has 0 amide bonds. The molecule has 0 unspecified atom stereocenters. The van der Waals surface area contributed by atoms with E-state index < -0.39 is 0 Å². The molecule has 2 aromatic rings. The molecule has 1 aromatic heterocycles. The van der Waals surface area contributed by atoms with Gasteiger partial charge in [0.25, 0.3) is 5.69 Å². The third kappa shape index (κ3) is 1.97. The zero-order valence-electron chi connectivity index (χ0n) is 12.0. The maximum Gasteiger partial charge on any atom is 0.293 e. The van der Waals surface area contributed by atoms with Gasteiger partial charge in [0.15, 0.2) is 0 Å². The van der Waals surface area contributed by atoms with Crippen LogP contribution in [0, 0.1) is 16.0 Å². The Kier molecular flexibility index (Phi) is 2.67. The number of hydrogen-bond acceptors (Lipinski definition) is 4. The van der Waals surface area contributed by atoms with Crippen LogP contribution in [0.3, 0.4) is 0 Å². The molecule has 1 aliphatic carbocycles. The topological polar surface area (TPSA) is 64.2 Å². The smallest absolute Gasteiger partial charge is 0.293 e. The average Bonchev–Trinajstić information content (AvgIpc) is 3.06. The number of benzene rings is 1. The van der Waals surface area contributed by atoms with E-state index in [0.29, 0.717) is 12.0 Å². The summed E-state index contributed by atoms with van der Waals surface area (Å²) in [5, 5.41) is 16.8. The van der Waals surface area contributed by atoms with Crippen molar-refractivity contribution in [1.82, 2.24) is 9.78 Å². The fourth-order valence-electron chi connectivity index (χ4n) is 3.32. The van der Waals surface area contributed by atoms with Gasteiger partial charge in [-0.2, -0.15) is 5.10 Å². The van der Waals surface area contributed by atoms with E-state index in [4.69, 9.17) is 0 Å². The number of nitrogens with zero attached hydrogens (tertiary/aromatic N) is 4. The number of fused-ring (bicyclic) bond motifs is 1. The molecule has 1 aliphatic heterocycles. The number of rotatable bonds is 3. The van der Waals surface area contributed by atoms with Crippen LogP contribution in [-0.2, 0) is 0 Å². The summed E-state index contributed by atoms with van der Waals surface area (Å²) in [7, 11) is 0. The monoisotopic (exact) mass is 286 g/mol. The first kappa shape index (κ1) is 12.6. The fourth-order valence-corrected chi connectivity index (χ4v) is 3.32. The predicted molar refractivity (Wildman–Crippen MR) is 80.7 cm³/mol. The Labute approximate surface area is 122 Å². The summed E-state index contributed by atoms with van der Waals surface area (Å²) in [5.74, 6) is 0.582. The highest BCUT2D eigenvalue weighted by Crippen LogP contribution is 2.42. The van der Waals surface area contributed by atoms with Crippen molar-refractivity contribution in [3.05, 3.63) is 28.4 Å². The molecule has 0 radical (unpaired) electrons. The molecule has 0 N–H and O–H groups in total. The second-order valence-electron chi connectivity index (χ2n) is 6.28. The summed E-state index contributed by atoms with van der Waals surface area (Å²) in [6.07, 6.45) is 5.21. The lowest BCUT2D eigenvalue weighted by Crippen LogP contribution is -2.20. The van der Waals surface area contributed by atoms with Gasteiger partial charge >= 0.3 is 0 Å². The molecule has 1 saturated heterocycles. The third-order valence-corrected chi connectivity index (χ3v) is 4.56. The molecule has 2 aliphatic rings. The summed E-state index contributed by atoms with van der Waals surface area (Å²) in [5.41, 5.74) is 1.98. The van der Waals surface area contributed by atoms with Crippen LogP contribution < -0.4 is 4.90 Å². The minimum absolute atomic E-state index is 0.201. The van der Waals surface area contributed by atoms with Crippen LogP contribution in [-0.4, -0.2) is 27.8 Å². The van der Waals surface area contributed by atoms with Crippen LogP contribution in [0.5, 0.6) is 0 Å². The van der Waals surface area contributed by atoms with Crippen molar-refractivity contribution in [2.24, 2.45) is 5.92 Å². The van der Waals surface area contributed by atoms with Crippen molar-refractivity contribution in [3.63, 3.8) is 0 Å². The second-order valence-corrected chi connectivity index (χ2v) is 6.28. The molecule has 0 bridgehead atoms.